The fourth-order valence-electron chi connectivity index (χ4n) is 3.11. The van der Waals surface area contributed by atoms with Crippen LogP contribution in [0.5, 0.6) is 0 Å². The molecule has 0 N–H and O–H groups in total. The molecule has 0 saturated carbocycles. The van der Waals surface area contributed by atoms with Gasteiger partial charge in [-0.25, -0.2) is 4.39 Å². The van der Waals surface area contributed by atoms with Crippen molar-refractivity contribution in [3.8, 4) is 0 Å². The van der Waals surface area contributed by atoms with Crippen LogP contribution < -0.4 is 0 Å². The number of nitrogens with zero attached hydrogens (tertiary/aromatic N) is 2. The van der Waals surface area contributed by atoms with Gasteiger partial charge >= 0.3 is 0 Å². The zero-order valence-corrected chi connectivity index (χ0v) is 16.2. The second-order valence-corrected chi connectivity index (χ2v) is 7.65. The van der Waals surface area contributed by atoms with Gasteiger partial charge in [-0.15, -0.1) is 11.8 Å². The highest BCUT2D eigenvalue weighted by molar-refractivity contribution is 7.99. The van der Waals surface area contributed by atoms with E-state index in [1.165, 1.54) is 29.3 Å². The van der Waals surface area contributed by atoms with Crippen molar-refractivity contribution in [1.29, 1.82) is 0 Å². The van der Waals surface area contributed by atoms with Crippen LogP contribution in [0.25, 0.3) is 0 Å². The van der Waals surface area contributed by atoms with Crippen molar-refractivity contribution in [2.75, 3.05) is 31.9 Å². The van der Waals surface area contributed by atoms with Gasteiger partial charge in [0.25, 0.3) is 5.91 Å². The topological polar surface area (TPSA) is 40.6 Å². The fourth-order valence-corrected chi connectivity index (χ4v) is 3.99. The molecule has 4 nitrogen and oxygen atoms in total. The van der Waals surface area contributed by atoms with Gasteiger partial charge in [-0.1, -0.05) is 35.9 Å². The number of thioether (sulfide) groups is 1. The molecule has 0 atom stereocenters. The molecule has 2 amide bonds. The van der Waals surface area contributed by atoms with E-state index in [-0.39, 0.29) is 11.8 Å². The Balaban J connectivity index is 1.44. The zero-order chi connectivity index (χ0) is 19.2. The van der Waals surface area contributed by atoms with Gasteiger partial charge in [-0.05, 0) is 30.7 Å². The molecule has 1 heterocycles. The van der Waals surface area contributed by atoms with Crippen molar-refractivity contribution in [2.45, 2.75) is 12.7 Å². The molecular weight excluding hydrogens is 363 g/mol. The molecule has 3 rings (SSSR count). The van der Waals surface area contributed by atoms with Crippen LogP contribution in [-0.2, 0) is 10.5 Å². The first-order valence-corrected chi connectivity index (χ1v) is 10.1. The molecule has 0 spiro atoms. The number of aryl methyl sites for hydroxylation is 1. The van der Waals surface area contributed by atoms with Crippen LogP contribution >= 0.6 is 11.8 Å². The number of carbonyl (C=O) groups excluding carboxylic acids is 2. The summed E-state index contributed by atoms with van der Waals surface area (Å²) in [7, 11) is 0. The Bertz CT molecular complexity index is 819. The molecular formula is C21H23FN2O2S. The highest BCUT2D eigenvalue weighted by Gasteiger charge is 2.24. The number of piperazine rings is 1. The molecule has 0 unspecified atom stereocenters. The maximum Gasteiger partial charge on any atom is 0.254 e. The van der Waals surface area contributed by atoms with E-state index < -0.39 is 5.82 Å². The predicted molar refractivity (Wildman–Crippen MR) is 106 cm³/mol. The first kappa shape index (κ1) is 19.4. The molecule has 1 saturated heterocycles. The second-order valence-electron chi connectivity index (χ2n) is 6.67. The van der Waals surface area contributed by atoms with E-state index >= 15 is 0 Å². The number of hydrogen-bond acceptors (Lipinski definition) is 3. The minimum Gasteiger partial charge on any atom is -0.338 e. The number of halogens is 1. The summed E-state index contributed by atoms with van der Waals surface area (Å²) in [6.45, 7) is 4.05. The number of amides is 2. The smallest absolute Gasteiger partial charge is 0.254 e. The Kier molecular flexibility index (Phi) is 6.50. The summed E-state index contributed by atoms with van der Waals surface area (Å²) in [6, 6.07) is 14.0. The maximum absolute atomic E-state index is 13.3. The third-order valence-electron chi connectivity index (χ3n) is 4.57. The van der Waals surface area contributed by atoms with Gasteiger partial charge in [0.1, 0.15) is 5.82 Å². The molecule has 0 aromatic heterocycles. The molecule has 0 aliphatic carbocycles. The largest absolute Gasteiger partial charge is 0.338 e. The lowest BCUT2D eigenvalue weighted by Gasteiger charge is -2.34. The molecule has 2 aromatic carbocycles. The van der Waals surface area contributed by atoms with Gasteiger partial charge in [-0.3, -0.25) is 9.59 Å². The Hall–Kier alpha value is -2.34. The van der Waals surface area contributed by atoms with Gasteiger partial charge in [-0.2, -0.15) is 0 Å². The Labute approximate surface area is 163 Å². The normalized spacial score (nSPS) is 14.3. The van der Waals surface area contributed by atoms with E-state index in [0.29, 0.717) is 37.5 Å². The summed E-state index contributed by atoms with van der Waals surface area (Å²) in [5, 5.41) is 0. The van der Waals surface area contributed by atoms with E-state index in [1.54, 1.807) is 27.6 Å². The van der Waals surface area contributed by atoms with Crippen molar-refractivity contribution in [3.05, 3.63) is 71.0 Å². The molecule has 2 aromatic rings. The van der Waals surface area contributed by atoms with Crippen molar-refractivity contribution in [3.63, 3.8) is 0 Å². The molecule has 27 heavy (non-hydrogen) atoms. The van der Waals surface area contributed by atoms with Gasteiger partial charge in [0.05, 0.1) is 5.75 Å². The first-order chi connectivity index (χ1) is 13.0. The highest BCUT2D eigenvalue weighted by Crippen LogP contribution is 2.15. The first-order valence-electron chi connectivity index (χ1n) is 8.99. The summed E-state index contributed by atoms with van der Waals surface area (Å²) in [4.78, 5) is 28.3. The SMILES string of the molecule is Cc1cccc(CSCC(=O)N2CCN(C(=O)c3cccc(F)c3)CC2)c1. The van der Waals surface area contributed by atoms with Gasteiger partial charge in [0.15, 0.2) is 0 Å². The van der Waals surface area contributed by atoms with Crippen molar-refractivity contribution in [2.24, 2.45) is 0 Å². The molecule has 0 radical (unpaired) electrons. The second kappa shape index (κ2) is 9.04. The summed E-state index contributed by atoms with van der Waals surface area (Å²) >= 11 is 1.61. The van der Waals surface area contributed by atoms with E-state index in [9.17, 15) is 14.0 Å². The summed E-state index contributed by atoms with van der Waals surface area (Å²) in [6.07, 6.45) is 0. The number of rotatable bonds is 5. The van der Waals surface area contributed by atoms with Crippen molar-refractivity contribution in [1.82, 2.24) is 9.80 Å². The molecule has 6 heteroatoms. The van der Waals surface area contributed by atoms with Crippen LogP contribution in [0.4, 0.5) is 4.39 Å². The Morgan fingerprint density at radius 2 is 1.70 bits per heavy atom. The average Bonchev–Trinajstić information content (AvgIpc) is 2.67. The van der Waals surface area contributed by atoms with Crippen LogP contribution in [-0.4, -0.2) is 53.5 Å². The van der Waals surface area contributed by atoms with Crippen LogP contribution in [0, 0.1) is 12.7 Å². The lowest BCUT2D eigenvalue weighted by Crippen LogP contribution is -2.51. The number of hydrogen-bond donors (Lipinski definition) is 0. The summed E-state index contributed by atoms with van der Waals surface area (Å²) < 4.78 is 13.3. The average molecular weight is 386 g/mol. The van der Waals surface area contributed by atoms with E-state index in [0.717, 1.165) is 5.75 Å². The summed E-state index contributed by atoms with van der Waals surface area (Å²) in [5.41, 5.74) is 2.79. The molecule has 1 aliphatic rings. The lowest BCUT2D eigenvalue weighted by molar-refractivity contribution is -0.129. The van der Waals surface area contributed by atoms with E-state index in [2.05, 4.69) is 25.1 Å². The quantitative estimate of drug-likeness (QED) is 0.791. The van der Waals surface area contributed by atoms with Crippen LogP contribution in [0.1, 0.15) is 21.5 Å². The molecule has 1 fully saturated rings. The van der Waals surface area contributed by atoms with Crippen molar-refractivity contribution < 1.29 is 14.0 Å². The van der Waals surface area contributed by atoms with E-state index in [1.807, 2.05) is 6.07 Å². The minimum absolute atomic E-state index is 0.102. The van der Waals surface area contributed by atoms with Crippen LogP contribution in [0.2, 0.25) is 0 Å². The van der Waals surface area contributed by atoms with Gasteiger partial charge in [0, 0.05) is 37.5 Å². The Morgan fingerprint density at radius 1 is 1.00 bits per heavy atom. The van der Waals surface area contributed by atoms with Gasteiger partial charge < -0.3 is 9.80 Å². The monoisotopic (exact) mass is 386 g/mol. The number of benzene rings is 2. The van der Waals surface area contributed by atoms with Gasteiger partial charge in [0.2, 0.25) is 5.91 Å². The maximum atomic E-state index is 13.3. The highest BCUT2D eigenvalue weighted by atomic mass is 32.2. The minimum atomic E-state index is -0.416. The summed E-state index contributed by atoms with van der Waals surface area (Å²) in [5.74, 6) is 0.748. The molecule has 1 aliphatic heterocycles. The standard InChI is InChI=1S/C21H23FN2O2S/c1-16-4-2-5-17(12-16)14-27-15-20(25)23-8-10-24(11-9-23)21(26)18-6-3-7-19(22)13-18/h2-7,12-13H,8-11,14-15H2,1H3. The molecule has 0 bridgehead atoms. The zero-order valence-electron chi connectivity index (χ0n) is 15.4. The number of carbonyl (C=O) groups is 2. The molecule has 142 valence electrons. The van der Waals surface area contributed by atoms with Crippen LogP contribution in [0.15, 0.2) is 48.5 Å². The lowest BCUT2D eigenvalue weighted by atomic mass is 10.1. The van der Waals surface area contributed by atoms with E-state index in [4.69, 9.17) is 0 Å². The van der Waals surface area contributed by atoms with Crippen molar-refractivity contribution >= 4 is 23.6 Å². The Morgan fingerprint density at radius 3 is 2.41 bits per heavy atom. The predicted octanol–water partition coefficient (Wildman–Crippen LogP) is 3.35. The third kappa shape index (κ3) is 5.32. The third-order valence-corrected chi connectivity index (χ3v) is 5.56. The van der Waals surface area contributed by atoms with Crippen LogP contribution in [0.3, 0.4) is 0 Å². The fraction of sp³-hybridized carbons (Fsp3) is 0.333.